The van der Waals surface area contributed by atoms with E-state index in [-0.39, 0.29) is 5.91 Å². The van der Waals surface area contributed by atoms with E-state index in [0.717, 1.165) is 19.6 Å². The average molecular weight is 279 g/mol. The first-order chi connectivity index (χ1) is 9.63. The SMILES string of the molecule is CCOc1c(N)cccc1C(=O)NCCN(CC)CC. The van der Waals surface area contributed by atoms with Crippen LogP contribution < -0.4 is 15.8 Å². The first-order valence-electron chi connectivity index (χ1n) is 7.15. The highest BCUT2D eigenvalue weighted by atomic mass is 16.5. The van der Waals surface area contributed by atoms with Gasteiger partial charge >= 0.3 is 0 Å². The second-order valence-electron chi connectivity index (χ2n) is 4.44. The molecule has 0 aromatic heterocycles. The van der Waals surface area contributed by atoms with Crippen LogP contribution in [0.5, 0.6) is 5.75 Å². The lowest BCUT2D eigenvalue weighted by Crippen LogP contribution is -2.35. The van der Waals surface area contributed by atoms with Gasteiger partial charge < -0.3 is 20.7 Å². The third kappa shape index (κ3) is 4.42. The fourth-order valence-electron chi connectivity index (χ4n) is 2.00. The lowest BCUT2D eigenvalue weighted by molar-refractivity contribution is 0.0945. The molecule has 0 saturated heterocycles. The van der Waals surface area contributed by atoms with Gasteiger partial charge in [0.05, 0.1) is 17.9 Å². The molecule has 0 unspecified atom stereocenters. The second-order valence-corrected chi connectivity index (χ2v) is 4.44. The number of rotatable bonds is 8. The van der Waals surface area contributed by atoms with Crippen LogP contribution in [0.25, 0.3) is 0 Å². The lowest BCUT2D eigenvalue weighted by Gasteiger charge is -2.18. The summed E-state index contributed by atoms with van der Waals surface area (Å²) in [5, 5.41) is 2.91. The van der Waals surface area contributed by atoms with Gasteiger partial charge in [0, 0.05) is 13.1 Å². The molecule has 5 nitrogen and oxygen atoms in total. The van der Waals surface area contributed by atoms with Crippen LogP contribution in [0.15, 0.2) is 18.2 Å². The molecule has 112 valence electrons. The summed E-state index contributed by atoms with van der Waals surface area (Å²) >= 11 is 0. The van der Waals surface area contributed by atoms with Crippen molar-refractivity contribution in [3.63, 3.8) is 0 Å². The van der Waals surface area contributed by atoms with E-state index in [1.165, 1.54) is 0 Å². The Hall–Kier alpha value is -1.75. The van der Waals surface area contributed by atoms with Crippen LogP contribution in [-0.2, 0) is 0 Å². The lowest BCUT2D eigenvalue weighted by atomic mass is 10.1. The highest BCUT2D eigenvalue weighted by molar-refractivity contribution is 5.98. The summed E-state index contributed by atoms with van der Waals surface area (Å²) in [6, 6.07) is 5.23. The number of nitrogens with two attached hydrogens (primary N) is 1. The summed E-state index contributed by atoms with van der Waals surface area (Å²) in [6.45, 7) is 9.98. The number of anilines is 1. The molecule has 0 aliphatic rings. The summed E-state index contributed by atoms with van der Waals surface area (Å²) in [5.74, 6) is 0.322. The number of carbonyl (C=O) groups excluding carboxylic acids is 1. The van der Waals surface area contributed by atoms with Crippen molar-refractivity contribution in [3.8, 4) is 5.75 Å². The van der Waals surface area contributed by atoms with E-state index in [4.69, 9.17) is 10.5 Å². The highest BCUT2D eigenvalue weighted by Gasteiger charge is 2.14. The summed E-state index contributed by atoms with van der Waals surface area (Å²) in [6.07, 6.45) is 0. The molecule has 1 aromatic rings. The first kappa shape index (κ1) is 16.3. The maximum absolute atomic E-state index is 12.2. The van der Waals surface area contributed by atoms with Crippen LogP contribution in [0.2, 0.25) is 0 Å². The van der Waals surface area contributed by atoms with Crippen LogP contribution in [0.3, 0.4) is 0 Å². The predicted octanol–water partition coefficient (Wildman–Crippen LogP) is 1.74. The molecule has 20 heavy (non-hydrogen) atoms. The smallest absolute Gasteiger partial charge is 0.255 e. The van der Waals surface area contributed by atoms with E-state index < -0.39 is 0 Å². The fourth-order valence-corrected chi connectivity index (χ4v) is 2.00. The minimum absolute atomic E-state index is 0.145. The molecular weight excluding hydrogens is 254 g/mol. The van der Waals surface area contributed by atoms with Gasteiger partial charge in [-0.25, -0.2) is 0 Å². The van der Waals surface area contributed by atoms with Crippen LogP contribution in [0, 0.1) is 0 Å². The Kier molecular flexibility index (Phi) is 6.87. The van der Waals surface area contributed by atoms with Crippen molar-refractivity contribution in [2.75, 3.05) is 38.5 Å². The molecule has 0 radical (unpaired) electrons. The maximum atomic E-state index is 12.2. The average Bonchev–Trinajstić information content (AvgIpc) is 2.45. The molecule has 0 heterocycles. The maximum Gasteiger partial charge on any atom is 0.255 e. The number of nitrogen functional groups attached to an aromatic ring is 1. The highest BCUT2D eigenvalue weighted by Crippen LogP contribution is 2.26. The summed E-state index contributed by atoms with van der Waals surface area (Å²) in [4.78, 5) is 14.4. The molecule has 0 atom stereocenters. The second kappa shape index (κ2) is 8.43. The molecule has 0 aliphatic heterocycles. The van der Waals surface area contributed by atoms with Crippen molar-refractivity contribution in [3.05, 3.63) is 23.8 Å². The molecule has 5 heteroatoms. The van der Waals surface area contributed by atoms with Crippen molar-refractivity contribution in [2.24, 2.45) is 0 Å². The summed E-state index contributed by atoms with van der Waals surface area (Å²) in [7, 11) is 0. The normalized spacial score (nSPS) is 10.6. The number of benzene rings is 1. The molecule has 0 spiro atoms. The van der Waals surface area contributed by atoms with Gasteiger partial charge in [-0.2, -0.15) is 0 Å². The van der Waals surface area contributed by atoms with Crippen molar-refractivity contribution < 1.29 is 9.53 Å². The standard InChI is InChI=1S/C15H25N3O2/c1-4-18(5-2)11-10-17-15(19)12-8-7-9-13(16)14(12)20-6-3/h7-9H,4-6,10-11,16H2,1-3H3,(H,17,19). The number of hydrogen-bond acceptors (Lipinski definition) is 4. The Morgan fingerprint density at radius 2 is 2.00 bits per heavy atom. The third-order valence-corrected chi connectivity index (χ3v) is 3.19. The fraction of sp³-hybridized carbons (Fsp3) is 0.533. The molecule has 0 fully saturated rings. The van der Waals surface area contributed by atoms with E-state index in [1.807, 2.05) is 6.92 Å². The van der Waals surface area contributed by atoms with Crippen LogP contribution in [0.1, 0.15) is 31.1 Å². The Bertz CT molecular complexity index is 431. The zero-order chi connectivity index (χ0) is 15.0. The third-order valence-electron chi connectivity index (χ3n) is 3.19. The quantitative estimate of drug-likeness (QED) is 0.711. The van der Waals surface area contributed by atoms with Crippen molar-refractivity contribution in [2.45, 2.75) is 20.8 Å². The van der Waals surface area contributed by atoms with E-state index in [0.29, 0.717) is 30.2 Å². The molecule has 3 N–H and O–H groups in total. The largest absolute Gasteiger partial charge is 0.491 e. The van der Waals surface area contributed by atoms with E-state index >= 15 is 0 Å². The van der Waals surface area contributed by atoms with Gasteiger partial charge in [0.1, 0.15) is 0 Å². The predicted molar refractivity (Wildman–Crippen MR) is 82.1 cm³/mol. The first-order valence-corrected chi connectivity index (χ1v) is 7.15. The number of carbonyl (C=O) groups is 1. The molecule has 0 bridgehead atoms. The Morgan fingerprint density at radius 3 is 2.60 bits per heavy atom. The molecule has 0 aliphatic carbocycles. The molecule has 1 rings (SSSR count). The molecule has 1 amide bonds. The zero-order valence-corrected chi connectivity index (χ0v) is 12.6. The summed E-state index contributed by atoms with van der Waals surface area (Å²) < 4.78 is 5.46. The van der Waals surface area contributed by atoms with Gasteiger partial charge in [-0.3, -0.25) is 4.79 Å². The van der Waals surface area contributed by atoms with Crippen LogP contribution >= 0.6 is 0 Å². The number of likely N-dealkylation sites (N-methyl/N-ethyl adjacent to an activating group) is 1. The number of nitrogens with one attached hydrogen (secondary N) is 1. The van der Waals surface area contributed by atoms with E-state index in [9.17, 15) is 4.79 Å². The van der Waals surface area contributed by atoms with Crippen molar-refractivity contribution in [1.29, 1.82) is 0 Å². The Labute approximate surface area is 121 Å². The van der Waals surface area contributed by atoms with Gasteiger partial charge in [-0.05, 0) is 32.1 Å². The Morgan fingerprint density at radius 1 is 1.30 bits per heavy atom. The van der Waals surface area contributed by atoms with Crippen molar-refractivity contribution >= 4 is 11.6 Å². The van der Waals surface area contributed by atoms with Crippen LogP contribution in [-0.4, -0.2) is 43.6 Å². The minimum Gasteiger partial charge on any atom is -0.491 e. The minimum atomic E-state index is -0.145. The number of ether oxygens (including phenoxy) is 1. The topological polar surface area (TPSA) is 67.6 Å². The van der Waals surface area contributed by atoms with Gasteiger partial charge in [0.25, 0.3) is 5.91 Å². The number of amides is 1. The Balaban J connectivity index is 2.65. The van der Waals surface area contributed by atoms with Crippen molar-refractivity contribution in [1.82, 2.24) is 10.2 Å². The number of nitrogens with zero attached hydrogens (tertiary/aromatic N) is 1. The van der Waals surface area contributed by atoms with E-state index in [1.54, 1.807) is 18.2 Å². The molecule has 1 aromatic carbocycles. The molecular formula is C15H25N3O2. The zero-order valence-electron chi connectivity index (χ0n) is 12.6. The number of para-hydroxylation sites is 1. The van der Waals surface area contributed by atoms with E-state index in [2.05, 4.69) is 24.1 Å². The molecule has 0 saturated carbocycles. The number of hydrogen-bond donors (Lipinski definition) is 2. The van der Waals surface area contributed by atoms with Gasteiger partial charge in [0.2, 0.25) is 0 Å². The van der Waals surface area contributed by atoms with Crippen LogP contribution in [0.4, 0.5) is 5.69 Å². The van der Waals surface area contributed by atoms with Gasteiger partial charge in [0.15, 0.2) is 5.75 Å². The monoisotopic (exact) mass is 279 g/mol. The van der Waals surface area contributed by atoms with Gasteiger partial charge in [-0.15, -0.1) is 0 Å². The van der Waals surface area contributed by atoms with Gasteiger partial charge in [-0.1, -0.05) is 19.9 Å². The summed E-state index contributed by atoms with van der Waals surface area (Å²) in [5.41, 5.74) is 6.83.